The van der Waals surface area contributed by atoms with Crippen molar-refractivity contribution in [2.24, 2.45) is 10.4 Å². The number of rotatable bonds is 6. The summed E-state index contributed by atoms with van der Waals surface area (Å²) in [5.74, 6) is 0. The molecule has 0 amide bonds. The summed E-state index contributed by atoms with van der Waals surface area (Å²) < 4.78 is 0. The Bertz CT molecular complexity index is 796. The molecule has 0 atom stereocenters. The van der Waals surface area contributed by atoms with Gasteiger partial charge < -0.3 is 0 Å². The molecule has 0 heterocycles. The van der Waals surface area contributed by atoms with E-state index < -0.39 is 0 Å². The first kappa shape index (κ1) is 20.9. The third kappa shape index (κ3) is 7.02. The van der Waals surface area contributed by atoms with Crippen LogP contribution in [0.3, 0.4) is 0 Å². The Labute approximate surface area is 165 Å². The van der Waals surface area contributed by atoms with E-state index in [9.17, 15) is 0 Å². The smallest absolute Gasteiger partial charge is 0.0629 e. The fourth-order valence-corrected chi connectivity index (χ4v) is 3.44. The molecule has 27 heavy (non-hydrogen) atoms. The zero-order valence-corrected chi connectivity index (χ0v) is 17.5. The summed E-state index contributed by atoms with van der Waals surface area (Å²) in [7, 11) is 0. The summed E-state index contributed by atoms with van der Waals surface area (Å²) in [5.41, 5.74) is 6.77. The molecule has 1 nitrogen and oxygen atoms in total. The maximum Gasteiger partial charge on any atom is 0.0629 e. The van der Waals surface area contributed by atoms with E-state index >= 15 is 0 Å². The highest BCUT2D eigenvalue weighted by Gasteiger charge is 2.26. The summed E-state index contributed by atoms with van der Waals surface area (Å²) in [6.07, 6.45) is 18.7. The normalized spacial score (nSPS) is 19.0. The molecule has 1 aliphatic carbocycles. The van der Waals surface area contributed by atoms with Gasteiger partial charge in [0, 0.05) is 6.21 Å². The van der Waals surface area contributed by atoms with Crippen LogP contribution in [0.1, 0.15) is 53.9 Å². The number of hydrogen-bond acceptors (Lipinski definition) is 1. The Hall–Kier alpha value is -2.41. The van der Waals surface area contributed by atoms with Gasteiger partial charge in [-0.2, -0.15) is 0 Å². The van der Waals surface area contributed by atoms with Crippen molar-refractivity contribution < 1.29 is 0 Å². The average Bonchev–Trinajstić information content (AvgIpc) is 2.61. The highest BCUT2D eigenvalue weighted by atomic mass is 14.7. The zero-order valence-electron chi connectivity index (χ0n) is 17.5. The Balaban J connectivity index is 1.96. The van der Waals surface area contributed by atoms with Gasteiger partial charge in [-0.15, -0.1) is 0 Å². The van der Waals surface area contributed by atoms with Gasteiger partial charge in [0.1, 0.15) is 0 Å². The van der Waals surface area contributed by atoms with Crippen molar-refractivity contribution >= 4 is 11.9 Å². The van der Waals surface area contributed by atoms with Gasteiger partial charge in [-0.3, -0.25) is 4.99 Å². The fraction of sp³-hybridized carbons (Fsp3) is 0.346. The first-order valence-corrected chi connectivity index (χ1v) is 9.88. The van der Waals surface area contributed by atoms with Crippen LogP contribution in [0.15, 0.2) is 94.1 Å². The van der Waals surface area contributed by atoms with Crippen LogP contribution in [0.25, 0.3) is 0 Å². The summed E-state index contributed by atoms with van der Waals surface area (Å²) in [6.45, 7) is 11.2. The number of benzene rings is 1. The van der Waals surface area contributed by atoms with Gasteiger partial charge in [-0.1, -0.05) is 73.6 Å². The van der Waals surface area contributed by atoms with Crippen LogP contribution in [0, 0.1) is 5.41 Å². The van der Waals surface area contributed by atoms with Crippen molar-refractivity contribution in [1.29, 1.82) is 0 Å². The summed E-state index contributed by atoms with van der Waals surface area (Å²) in [6, 6.07) is 9.99. The maximum atomic E-state index is 4.42. The largest absolute Gasteiger partial charge is 0.257 e. The van der Waals surface area contributed by atoms with E-state index in [0.29, 0.717) is 5.41 Å². The second-order valence-electron chi connectivity index (χ2n) is 8.06. The van der Waals surface area contributed by atoms with E-state index in [1.165, 1.54) is 36.0 Å². The van der Waals surface area contributed by atoms with Crippen LogP contribution < -0.4 is 0 Å². The Kier molecular flexibility index (Phi) is 7.79. The molecule has 0 aliphatic heterocycles. The summed E-state index contributed by atoms with van der Waals surface area (Å²) >= 11 is 0. The molecule has 1 aromatic rings. The van der Waals surface area contributed by atoms with Gasteiger partial charge >= 0.3 is 0 Å². The fourth-order valence-electron chi connectivity index (χ4n) is 3.44. The molecule has 0 unspecified atom stereocenters. The Morgan fingerprint density at radius 1 is 1.00 bits per heavy atom. The maximum absolute atomic E-state index is 4.42. The van der Waals surface area contributed by atoms with Gasteiger partial charge in [0.25, 0.3) is 0 Å². The first-order valence-electron chi connectivity index (χ1n) is 9.88. The lowest BCUT2D eigenvalue weighted by atomic mass is 9.72. The van der Waals surface area contributed by atoms with E-state index in [1.807, 2.05) is 42.6 Å². The lowest BCUT2D eigenvalue weighted by Crippen LogP contribution is -2.19. The molecule has 0 fully saturated rings. The minimum Gasteiger partial charge on any atom is -0.257 e. The molecule has 1 heteroatoms. The van der Waals surface area contributed by atoms with Crippen molar-refractivity contribution in [3.63, 3.8) is 0 Å². The Morgan fingerprint density at radius 3 is 2.41 bits per heavy atom. The molecule has 0 bridgehead atoms. The van der Waals surface area contributed by atoms with Gasteiger partial charge in [0.15, 0.2) is 0 Å². The quantitative estimate of drug-likeness (QED) is 0.361. The minimum absolute atomic E-state index is 0.298. The van der Waals surface area contributed by atoms with Crippen LogP contribution in [-0.4, -0.2) is 6.21 Å². The predicted octanol–water partition coefficient (Wildman–Crippen LogP) is 7.92. The molecule has 0 spiro atoms. The lowest BCUT2D eigenvalue weighted by Gasteiger charge is -2.32. The number of allylic oxidation sites excluding steroid dienone is 10. The molecule has 0 aromatic heterocycles. The molecule has 0 radical (unpaired) electrons. The zero-order chi connectivity index (χ0) is 19.7. The van der Waals surface area contributed by atoms with E-state index in [0.717, 1.165) is 5.69 Å². The predicted molar refractivity (Wildman–Crippen MR) is 121 cm³/mol. The van der Waals surface area contributed by atoms with Gasteiger partial charge in [-0.25, -0.2) is 0 Å². The highest BCUT2D eigenvalue weighted by molar-refractivity contribution is 5.75. The topological polar surface area (TPSA) is 12.4 Å². The molecule has 2 rings (SSSR count). The molecule has 1 aromatic carbocycles. The van der Waals surface area contributed by atoms with Crippen molar-refractivity contribution in [2.75, 3.05) is 0 Å². The number of nitrogens with zero attached hydrogens (tertiary/aromatic N) is 1. The standard InChI is InChI=1S/C26H33N/c1-21(16-17-25-23(3)13-10-19-26(25,4)5)11-9-12-22(2)18-20-27-24-14-7-6-8-15-24/h6-9,11-12,14-18,20H,10,13,19H2,1-5H3/b12-9+,17-16+,21-11+,22-18+,27-20?. The van der Waals surface area contributed by atoms with Crippen molar-refractivity contribution in [3.05, 3.63) is 89.1 Å². The van der Waals surface area contributed by atoms with Crippen molar-refractivity contribution in [1.82, 2.24) is 0 Å². The highest BCUT2D eigenvalue weighted by Crippen LogP contribution is 2.40. The lowest BCUT2D eigenvalue weighted by molar-refractivity contribution is 0.377. The number of hydrogen-bond donors (Lipinski definition) is 0. The van der Waals surface area contributed by atoms with Crippen LogP contribution in [0.4, 0.5) is 5.69 Å². The van der Waals surface area contributed by atoms with Crippen molar-refractivity contribution in [3.8, 4) is 0 Å². The van der Waals surface area contributed by atoms with Gasteiger partial charge in [0.2, 0.25) is 0 Å². The second kappa shape index (κ2) is 10.1. The van der Waals surface area contributed by atoms with Crippen molar-refractivity contribution in [2.45, 2.75) is 53.9 Å². The monoisotopic (exact) mass is 359 g/mol. The Morgan fingerprint density at radius 2 is 1.70 bits per heavy atom. The third-order valence-electron chi connectivity index (χ3n) is 5.09. The van der Waals surface area contributed by atoms with Crippen LogP contribution in [-0.2, 0) is 0 Å². The molecule has 1 aliphatic rings. The third-order valence-corrected chi connectivity index (χ3v) is 5.09. The first-order chi connectivity index (χ1) is 12.9. The molecule has 0 saturated heterocycles. The van der Waals surface area contributed by atoms with Crippen LogP contribution in [0.2, 0.25) is 0 Å². The van der Waals surface area contributed by atoms with E-state index in [4.69, 9.17) is 0 Å². The number of para-hydroxylation sites is 1. The van der Waals surface area contributed by atoms with Gasteiger partial charge in [-0.05, 0) is 74.8 Å². The summed E-state index contributed by atoms with van der Waals surface area (Å²) in [5, 5.41) is 0. The average molecular weight is 360 g/mol. The number of aliphatic imine (C=N–C) groups is 1. The SMILES string of the molecule is CC1=C(/C=C/C(C)=C/C=C/C(C)=C/C=Nc2ccccc2)C(C)(C)CCC1. The molecule has 0 N–H and O–H groups in total. The van der Waals surface area contributed by atoms with E-state index in [-0.39, 0.29) is 0 Å². The molecule has 142 valence electrons. The summed E-state index contributed by atoms with van der Waals surface area (Å²) in [4.78, 5) is 4.42. The minimum atomic E-state index is 0.298. The van der Waals surface area contributed by atoms with E-state index in [2.05, 4.69) is 70.0 Å². The van der Waals surface area contributed by atoms with E-state index in [1.54, 1.807) is 5.57 Å². The molecular formula is C26H33N. The van der Waals surface area contributed by atoms with Crippen LogP contribution in [0.5, 0.6) is 0 Å². The second-order valence-corrected chi connectivity index (χ2v) is 8.06. The molecular weight excluding hydrogens is 326 g/mol. The van der Waals surface area contributed by atoms with Gasteiger partial charge in [0.05, 0.1) is 5.69 Å². The van der Waals surface area contributed by atoms with Crippen LogP contribution >= 0.6 is 0 Å². The molecule has 0 saturated carbocycles.